The molecule has 3 aromatic rings. The van der Waals surface area contributed by atoms with Gasteiger partial charge in [0, 0.05) is 43.3 Å². The molecular formula is C24H24ClN3O3S. The molecular weight excluding hydrogens is 446 g/mol. The number of nitrogens with zero attached hydrogens (tertiary/aromatic N) is 2. The van der Waals surface area contributed by atoms with Crippen LogP contribution in [0, 0.1) is 0 Å². The molecule has 32 heavy (non-hydrogen) atoms. The number of carbonyl (C=O) groups is 1. The minimum atomic E-state index is -3.85. The molecule has 4 rings (SSSR count). The Labute approximate surface area is 193 Å². The van der Waals surface area contributed by atoms with Gasteiger partial charge in [-0.2, -0.15) is 0 Å². The maximum absolute atomic E-state index is 13.0. The fourth-order valence-electron chi connectivity index (χ4n) is 3.70. The number of carbonyl (C=O) groups excluding carboxylic acids is 1. The highest BCUT2D eigenvalue weighted by atomic mass is 35.5. The number of benzene rings is 3. The lowest BCUT2D eigenvalue weighted by Gasteiger charge is -2.34. The molecule has 0 atom stereocenters. The van der Waals surface area contributed by atoms with Gasteiger partial charge in [0.2, 0.25) is 0 Å². The molecule has 0 aromatic heterocycles. The first-order valence-corrected chi connectivity index (χ1v) is 12.2. The van der Waals surface area contributed by atoms with Crippen LogP contribution >= 0.6 is 11.6 Å². The van der Waals surface area contributed by atoms with Crippen molar-refractivity contribution in [3.63, 3.8) is 0 Å². The van der Waals surface area contributed by atoms with Gasteiger partial charge in [-0.3, -0.25) is 14.4 Å². The second kappa shape index (κ2) is 9.73. The van der Waals surface area contributed by atoms with E-state index >= 15 is 0 Å². The highest BCUT2D eigenvalue weighted by Crippen LogP contribution is 2.21. The Kier molecular flexibility index (Phi) is 6.79. The molecule has 8 heteroatoms. The summed E-state index contributed by atoms with van der Waals surface area (Å²) in [5.74, 6) is -0.163. The van der Waals surface area contributed by atoms with Crippen LogP contribution in [-0.4, -0.2) is 50.3 Å². The number of amides is 1. The lowest BCUT2D eigenvalue weighted by Crippen LogP contribution is -2.48. The lowest BCUT2D eigenvalue weighted by atomic mass is 10.1. The zero-order valence-corrected chi connectivity index (χ0v) is 19.0. The van der Waals surface area contributed by atoms with Gasteiger partial charge in [0.05, 0.1) is 10.6 Å². The van der Waals surface area contributed by atoms with Crippen LogP contribution in [0.15, 0.2) is 83.8 Å². The van der Waals surface area contributed by atoms with Crippen LogP contribution in [0.2, 0.25) is 5.02 Å². The van der Waals surface area contributed by atoms with Crippen LogP contribution in [0.25, 0.3) is 0 Å². The zero-order chi connectivity index (χ0) is 22.6. The number of nitrogens with one attached hydrogen (secondary N) is 1. The Morgan fingerprint density at radius 3 is 2.31 bits per heavy atom. The second-order valence-electron chi connectivity index (χ2n) is 7.70. The van der Waals surface area contributed by atoms with Gasteiger partial charge in [0.15, 0.2) is 0 Å². The Morgan fingerprint density at radius 2 is 1.59 bits per heavy atom. The number of rotatable bonds is 6. The summed E-state index contributed by atoms with van der Waals surface area (Å²) in [5.41, 5.74) is 1.97. The highest BCUT2D eigenvalue weighted by molar-refractivity contribution is 7.92. The van der Waals surface area contributed by atoms with Crippen LogP contribution in [-0.2, 0) is 16.6 Å². The first kappa shape index (κ1) is 22.3. The van der Waals surface area contributed by atoms with E-state index in [1.54, 1.807) is 35.2 Å². The van der Waals surface area contributed by atoms with Gasteiger partial charge in [-0.15, -0.1) is 0 Å². The maximum Gasteiger partial charge on any atom is 0.261 e. The molecule has 0 saturated carbocycles. The second-order valence-corrected chi connectivity index (χ2v) is 9.82. The summed E-state index contributed by atoms with van der Waals surface area (Å²) < 4.78 is 28.1. The standard InChI is InChI=1S/C24H24ClN3O3S/c25-21-9-5-10-22(17-21)26-32(30,31)23-11-4-8-20(16-23)24(29)28-14-12-27(13-15-28)18-19-6-2-1-3-7-19/h1-11,16-17,26H,12-15,18H2. The number of hydrogen-bond donors (Lipinski definition) is 1. The predicted octanol–water partition coefficient (Wildman–Crippen LogP) is 4.10. The SMILES string of the molecule is O=C(c1cccc(S(=O)(=O)Nc2cccc(Cl)c2)c1)N1CCN(Cc2ccccc2)CC1. The number of halogens is 1. The Morgan fingerprint density at radius 1 is 0.875 bits per heavy atom. The molecule has 1 heterocycles. The molecule has 0 unspecified atom stereocenters. The molecule has 1 N–H and O–H groups in total. The van der Waals surface area contributed by atoms with Crippen LogP contribution < -0.4 is 4.72 Å². The van der Waals surface area contributed by atoms with Gasteiger partial charge >= 0.3 is 0 Å². The topological polar surface area (TPSA) is 69.7 Å². The van der Waals surface area contributed by atoms with E-state index in [9.17, 15) is 13.2 Å². The molecule has 1 fully saturated rings. The van der Waals surface area contributed by atoms with Crippen LogP contribution in [0.1, 0.15) is 15.9 Å². The third-order valence-electron chi connectivity index (χ3n) is 5.38. The van der Waals surface area contributed by atoms with Crippen LogP contribution in [0.4, 0.5) is 5.69 Å². The summed E-state index contributed by atoms with van der Waals surface area (Å²) in [5, 5.41) is 0.431. The normalized spacial score (nSPS) is 14.8. The van der Waals surface area contributed by atoms with E-state index in [0.29, 0.717) is 29.4 Å². The summed E-state index contributed by atoms with van der Waals surface area (Å²) in [6, 6.07) is 22.9. The number of anilines is 1. The third-order valence-corrected chi connectivity index (χ3v) is 6.99. The van der Waals surface area contributed by atoms with Crippen molar-refractivity contribution in [3.05, 3.63) is 95.0 Å². The number of hydrogen-bond acceptors (Lipinski definition) is 4. The molecule has 1 amide bonds. The van der Waals surface area contributed by atoms with Gasteiger partial charge in [-0.1, -0.05) is 54.1 Å². The molecule has 0 spiro atoms. The third kappa shape index (κ3) is 5.48. The Hall–Kier alpha value is -2.87. The maximum atomic E-state index is 13.0. The quantitative estimate of drug-likeness (QED) is 0.590. The molecule has 1 saturated heterocycles. The summed E-state index contributed by atoms with van der Waals surface area (Å²) in [4.78, 5) is 17.1. The van der Waals surface area contributed by atoms with E-state index < -0.39 is 10.0 Å². The van der Waals surface area contributed by atoms with Gasteiger partial charge in [0.1, 0.15) is 0 Å². The Balaban J connectivity index is 1.41. The van der Waals surface area contributed by atoms with Crippen molar-refractivity contribution in [1.82, 2.24) is 9.80 Å². The smallest absolute Gasteiger partial charge is 0.261 e. The van der Waals surface area contributed by atoms with Crippen molar-refractivity contribution >= 4 is 33.2 Å². The fourth-order valence-corrected chi connectivity index (χ4v) is 4.98. The van der Waals surface area contributed by atoms with E-state index in [4.69, 9.17) is 11.6 Å². The van der Waals surface area contributed by atoms with Crippen molar-refractivity contribution in [2.24, 2.45) is 0 Å². The van der Waals surface area contributed by atoms with Crippen molar-refractivity contribution in [3.8, 4) is 0 Å². The fraction of sp³-hybridized carbons (Fsp3) is 0.208. The Bertz CT molecular complexity index is 1190. The van der Waals surface area contributed by atoms with E-state index in [2.05, 4.69) is 21.8 Å². The number of sulfonamides is 1. The summed E-state index contributed by atoms with van der Waals surface area (Å²) >= 11 is 5.94. The van der Waals surface area contributed by atoms with Crippen molar-refractivity contribution in [2.75, 3.05) is 30.9 Å². The first-order valence-electron chi connectivity index (χ1n) is 10.3. The summed E-state index contributed by atoms with van der Waals surface area (Å²) in [7, 11) is -3.85. The van der Waals surface area contributed by atoms with Crippen LogP contribution in [0.5, 0.6) is 0 Å². The van der Waals surface area contributed by atoms with Crippen molar-refractivity contribution in [2.45, 2.75) is 11.4 Å². The molecule has 1 aliphatic rings. The lowest BCUT2D eigenvalue weighted by molar-refractivity contribution is 0.0628. The van der Waals surface area contributed by atoms with E-state index in [-0.39, 0.29) is 10.8 Å². The molecule has 3 aromatic carbocycles. The largest absolute Gasteiger partial charge is 0.336 e. The monoisotopic (exact) mass is 469 g/mol. The molecule has 6 nitrogen and oxygen atoms in total. The predicted molar refractivity (Wildman–Crippen MR) is 126 cm³/mol. The van der Waals surface area contributed by atoms with Crippen LogP contribution in [0.3, 0.4) is 0 Å². The minimum absolute atomic E-state index is 0.0334. The average Bonchev–Trinajstić information content (AvgIpc) is 2.80. The molecule has 0 aliphatic carbocycles. The van der Waals surface area contributed by atoms with E-state index in [0.717, 1.165) is 19.6 Å². The van der Waals surface area contributed by atoms with Gasteiger partial charge < -0.3 is 4.90 Å². The molecule has 0 radical (unpaired) electrons. The van der Waals surface area contributed by atoms with Gasteiger partial charge in [0.25, 0.3) is 15.9 Å². The molecule has 1 aliphatic heterocycles. The summed E-state index contributed by atoms with van der Waals surface area (Å²) in [6.45, 7) is 3.60. The van der Waals surface area contributed by atoms with Crippen molar-refractivity contribution < 1.29 is 13.2 Å². The molecule has 0 bridgehead atoms. The highest BCUT2D eigenvalue weighted by Gasteiger charge is 2.24. The average molecular weight is 470 g/mol. The zero-order valence-electron chi connectivity index (χ0n) is 17.4. The summed E-state index contributed by atoms with van der Waals surface area (Å²) in [6.07, 6.45) is 0. The van der Waals surface area contributed by atoms with Gasteiger partial charge in [-0.25, -0.2) is 8.42 Å². The minimum Gasteiger partial charge on any atom is -0.336 e. The van der Waals surface area contributed by atoms with Gasteiger partial charge in [-0.05, 0) is 42.0 Å². The van der Waals surface area contributed by atoms with E-state index in [1.807, 2.05) is 18.2 Å². The first-order chi connectivity index (χ1) is 15.4. The van der Waals surface area contributed by atoms with Crippen molar-refractivity contribution in [1.29, 1.82) is 0 Å². The van der Waals surface area contributed by atoms with E-state index in [1.165, 1.54) is 23.8 Å². The number of piperazine rings is 1. The molecule has 166 valence electrons.